The average Bonchev–Trinajstić information content (AvgIpc) is 2.89. The zero-order valence-electron chi connectivity index (χ0n) is 10.4. The molecular formula is C12H15N3O2S2. The largest absolute Gasteiger partial charge is 0.326 e. The van der Waals surface area contributed by atoms with E-state index >= 15 is 0 Å². The number of hydrogen-bond donors (Lipinski definition) is 2. The van der Waals surface area contributed by atoms with E-state index in [9.17, 15) is 8.42 Å². The lowest BCUT2D eigenvalue weighted by Crippen LogP contribution is -2.26. The van der Waals surface area contributed by atoms with Gasteiger partial charge >= 0.3 is 0 Å². The Labute approximate surface area is 116 Å². The van der Waals surface area contributed by atoms with Gasteiger partial charge in [0.2, 0.25) is 0 Å². The summed E-state index contributed by atoms with van der Waals surface area (Å²) in [4.78, 5) is 4.97. The molecule has 0 saturated heterocycles. The summed E-state index contributed by atoms with van der Waals surface area (Å²) in [6.07, 6.45) is 1.64. The predicted octanol–water partition coefficient (Wildman–Crippen LogP) is 1.64. The van der Waals surface area contributed by atoms with Crippen molar-refractivity contribution in [1.82, 2.24) is 9.71 Å². The Morgan fingerprint density at radius 3 is 2.74 bits per heavy atom. The van der Waals surface area contributed by atoms with Gasteiger partial charge in [-0.2, -0.15) is 0 Å². The summed E-state index contributed by atoms with van der Waals surface area (Å²) >= 11 is 1.18. The molecule has 2 aromatic rings. The summed E-state index contributed by atoms with van der Waals surface area (Å²) in [6.45, 7) is 2.10. The number of nitrogens with two attached hydrogens (primary N) is 1. The fourth-order valence-corrected chi connectivity index (χ4v) is 4.06. The van der Waals surface area contributed by atoms with Crippen LogP contribution in [0.25, 0.3) is 0 Å². The minimum absolute atomic E-state index is 0.274. The Bertz CT molecular complexity index is 638. The van der Waals surface area contributed by atoms with Gasteiger partial charge in [-0.3, -0.25) is 4.98 Å². The molecule has 2 heterocycles. The van der Waals surface area contributed by atoms with E-state index in [4.69, 9.17) is 5.73 Å². The van der Waals surface area contributed by atoms with Crippen LogP contribution in [0.4, 0.5) is 0 Å². The number of aromatic nitrogens is 1. The van der Waals surface area contributed by atoms with E-state index in [1.54, 1.807) is 37.4 Å². The van der Waals surface area contributed by atoms with Crippen molar-refractivity contribution in [2.24, 2.45) is 5.73 Å². The minimum atomic E-state index is -3.52. The molecule has 0 bridgehead atoms. The van der Waals surface area contributed by atoms with Gasteiger partial charge in [0, 0.05) is 17.6 Å². The van der Waals surface area contributed by atoms with E-state index < -0.39 is 10.0 Å². The summed E-state index contributed by atoms with van der Waals surface area (Å²) in [5, 5.41) is 0. The second kappa shape index (κ2) is 5.79. The van der Waals surface area contributed by atoms with Crippen LogP contribution in [-0.4, -0.2) is 13.4 Å². The maximum absolute atomic E-state index is 12.2. The summed E-state index contributed by atoms with van der Waals surface area (Å²) in [7, 11) is -3.52. The Morgan fingerprint density at radius 2 is 2.16 bits per heavy atom. The highest BCUT2D eigenvalue weighted by atomic mass is 32.2. The van der Waals surface area contributed by atoms with Gasteiger partial charge in [-0.1, -0.05) is 6.07 Å². The summed E-state index contributed by atoms with van der Waals surface area (Å²) in [5.41, 5.74) is 6.17. The molecule has 0 aliphatic rings. The Balaban J connectivity index is 2.17. The number of hydrogen-bond acceptors (Lipinski definition) is 5. The topological polar surface area (TPSA) is 85.1 Å². The molecule has 1 atom stereocenters. The number of sulfonamides is 1. The lowest BCUT2D eigenvalue weighted by molar-refractivity contribution is 0.566. The smallest absolute Gasteiger partial charge is 0.250 e. The second-order valence-corrected chi connectivity index (χ2v) is 7.13. The normalized spacial score (nSPS) is 13.4. The molecule has 5 nitrogen and oxygen atoms in total. The highest BCUT2D eigenvalue weighted by Crippen LogP contribution is 2.22. The number of nitrogens with zero attached hydrogens (tertiary/aromatic N) is 1. The van der Waals surface area contributed by atoms with Crippen molar-refractivity contribution in [2.45, 2.75) is 23.7 Å². The maximum Gasteiger partial charge on any atom is 0.250 e. The van der Waals surface area contributed by atoms with Crippen molar-refractivity contribution >= 4 is 21.4 Å². The quantitative estimate of drug-likeness (QED) is 0.878. The zero-order valence-corrected chi connectivity index (χ0v) is 12.0. The molecular weight excluding hydrogens is 282 g/mol. The highest BCUT2D eigenvalue weighted by molar-refractivity contribution is 7.91. The van der Waals surface area contributed by atoms with Crippen LogP contribution in [0, 0.1) is 0 Å². The van der Waals surface area contributed by atoms with Gasteiger partial charge in [0.05, 0.1) is 11.7 Å². The van der Waals surface area contributed by atoms with E-state index in [-0.39, 0.29) is 10.3 Å². The van der Waals surface area contributed by atoms with E-state index in [2.05, 4.69) is 9.71 Å². The third-order valence-electron chi connectivity index (χ3n) is 2.57. The molecule has 1 unspecified atom stereocenters. The summed E-state index contributed by atoms with van der Waals surface area (Å²) < 4.78 is 27.2. The van der Waals surface area contributed by atoms with Crippen LogP contribution in [0.1, 0.15) is 23.5 Å². The first kappa shape index (κ1) is 14.1. The van der Waals surface area contributed by atoms with Crippen LogP contribution in [0.5, 0.6) is 0 Å². The van der Waals surface area contributed by atoms with Gasteiger partial charge < -0.3 is 5.73 Å². The minimum Gasteiger partial charge on any atom is -0.326 e. The van der Waals surface area contributed by atoms with Crippen LogP contribution in [0.2, 0.25) is 0 Å². The van der Waals surface area contributed by atoms with Crippen LogP contribution in [0.15, 0.2) is 40.7 Å². The number of pyridine rings is 1. The van der Waals surface area contributed by atoms with Gasteiger partial charge in [-0.15, -0.1) is 11.3 Å². The molecule has 2 rings (SSSR count). The Hall–Kier alpha value is -1.28. The van der Waals surface area contributed by atoms with Gasteiger partial charge in [0.25, 0.3) is 10.0 Å². The lowest BCUT2D eigenvalue weighted by atomic mass is 10.2. The third-order valence-corrected chi connectivity index (χ3v) is 5.71. The first-order chi connectivity index (χ1) is 9.03. The lowest BCUT2D eigenvalue weighted by Gasteiger charge is -2.12. The molecule has 19 heavy (non-hydrogen) atoms. The van der Waals surface area contributed by atoms with Crippen molar-refractivity contribution in [3.8, 4) is 0 Å². The number of rotatable bonds is 5. The Kier molecular flexibility index (Phi) is 4.31. The van der Waals surface area contributed by atoms with Crippen LogP contribution in [0.3, 0.4) is 0 Å². The molecule has 0 spiro atoms. The van der Waals surface area contributed by atoms with Crippen LogP contribution in [-0.2, 0) is 16.6 Å². The zero-order chi connectivity index (χ0) is 13.9. The van der Waals surface area contributed by atoms with Gasteiger partial charge in [-0.25, -0.2) is 13.1 Å². The Morgan fingerprint density at radius 1 is 1.37 bits per heavy atom. The molecule has 3 N–H and O–H groups in total. The van der Waals surface area contributed by atoms with E-state index in [1.807, 2.05) is 6.07 Å². The van der Waals surface area contributed by atoms with E-state index in [0.717, 1.165) is 4.88 Å². The average molecular weight is 297 g/mol. The molecule has 2 aromatic heterocycles. The first-order valence-electron chi connectivity index (χ1n) is 5.75. The fraction of sp³-hybridized carbons (Fsp3) is 0.250. The van der Waals surface area contributed by atoms with Crippen molar-refractivity contribution in [3.05, 3.63) is 47.1 Å². The third kappa shape index (κ3) is 3.38. The molecule has 0 fully saturated rings. The molecule has 0 saturated carbocycles. The molecule has 102 valence electrons. The number of thiophene rings is 1. The standard InChI is InChI=1S/C12H15N3O2S2/c1-9(11-4-2-3-7-14-11)15-19(16,17)12-6-5-10(8-13)18-12/h2-7,9,15H,8,13H2,1H3. The van der Waals surface area contributed by atoms with Crippen LogP contribution < -0.4 is 10.5 Å². The molecule has 0 aliphatic heterocycles. The predicted molar refractivity (Wildman–Crippen MR) is 75.2 cm³/mol. The second-order valence-electron chi connectivity index (χ2n) is 4.02. The highest BCUT2D eigenvalue weighted by Gasteiger charge is 2.20. The van der Waals surface area contributed by atoms with Crippen molar-refractivity contribution in [3.63, 3.8) is 0 Å². The van der Waals surface area contributed by atoms with Gasteiger partial charge in [0.1, 0.15) is 4.21 Å². The first-order valence-corrected chi connectivity index (χ1v) is 8.05. The van der Waals surface area contributed by atoms with E-state index in [0.29, 0.717) is 12.2 Å². The monoisotopic (exact) mass is 297 g/mol. The van der Waals surface area contributed by atoms with Crippen LogP contribution >= 0.6 is 11.3 Å². The molecule has 0 aliphatic carbocycles. The van der Waals surface area contributed by atoms with Crippen molar-refractivity contribution < 1.29 is 8.42 Å². The number of nitrogens with one attached hydrogen (secondary N) is 1. The molecule has 0 aromatic carbocycles. The molecule has 0 amide bonds. The van der Waals surface area contributed by atoms with Gasteiger partial charge in [0.15, 0.2) is 0 Å². The van der Waals surface area contributed by atoms with E-state index in [1.165, 1.54) is 11.3 Å². The van der Waals surface area contributed by atoms with Gasteiger partial charge in [-0.05, 0) is 31.2 Å². The molecule has 0 radical (unpaired) electrons. The fourth-order valence-electron chi connectivity index (χ4n) is 1.60. The SMILES string of the molecule is CC(NS(=O)(=O)c1ccc(CN)s1)c1ccccn1. The molecule has 7 heteroatoms. The summed E-state index contributed by atoms with van der Waals surface area (Å²) in [6, 6.07) is 8.31. The maximum atomic E-state index is 12.2. The van der Waals surface area contributed by atoms with Crippen molar-refractivity contribution in [2.75, 3.05) is 0 Å². The summed E-state index contributed by atoms with van der Waals surface area (Å²) in [5.74, 6) is 0. The van der Waals surface area contributed by atoms with Crippen molar-refractivity contribution in [1.29, 1.82) is 0 Å².